The first kappa shape index (κ1) is 12.7. The standard InChI is InChI=1S/C11H19N3O2/c1-11(2,3)10(16)12-6-9(15)8-5-13-14(4)7-8/h5,7,9,15H,6H2,1-4H3,(H,12,16). The summed E-state index contributed by atoms with van der Waals surface area (Å²) in [6.07, 6.45) is 2.61. The Hall–Kier alpha value is -1.36. The zero-order chi connectivity index (χ0) is 12.3. The monoisotopic (exact) mass is 225 g/mol. The topological polar surface area (TPSA) is 67.2 Å². The molecule has 1 aromatic heterocycles. The van der Waals surface area contributed by atoms with Gasteiger partial charge in [-0.25, -0.2) is 0 Å². The maximum absolute atomic E-state index is 11.6. The van der Waals surface area contributed by atoms with Crippen LogP contribution in [0.4, 0.5) is 0 Å². The fraction of sp³-hybridized carbons (Fsp3) is 0.636. The number of hydrogen-bond donors (Lipinski definition) is 2. The molecule has 0 fully saturated rings. The van der Waals surface area contributed by atoms with Crippen molar-refractivity contribution in [2.75, 3.05) is 6.54 Å². The molecule has 0 aliphatic heterocycles. The Balaban J connectivity index is 2.48. The molecule has 0 bridgehead atoms. The van der Waals surface area contributed by atoms with Crippen molar-refractivity contribution < 1.29 is 9.90 Å². The zero-order valence-corrected chi connectivity index (χ0v) is 10.2. The van der Waals surface area contributed by atoms with E-state index < -0.39 is 11.5 Å². The van der Waals surface area contributed by atoms with E-state index in [9.17, 15) is 9.90 Å². The Bertz CT molecular complexity index is 366. The van der Waals surface area contributed by atoms with Gasteiger partial charge in [0.05, 0.1) is 12.3 Å². The minimum Gasteiger partial charge on any atom is -0.386 e. The van der Waals surface area contributed by atoms with Crippen LogP contribution in [0.3, 0.4) is 0 Å². The first-order chi connectivity index (χ1) is 7.30. The molecule has 0 spiro atoms. The molecule has 0 radical (unpaired) electrons. The Labute approximate surface area is 95.5 Å². The summed E-state index contributed by atoms with van der Waals surface area (Å²) in [6, 6.07) is 0. The molecule has 0 aromatic carbocycles. The Morgan fingerprint density at radius 2 is 2.25 bits per heavy atom. The molecule has 5 nitrogen and oxygen atoms in total. The van der Waals surface area contributed by atoms with Gasteiger partial charge in [-0.3, -0.25) is 9.48 Å². The number of rotatable bonds is 3. The van der Waals surface area contributed by atoms with Gasteiger partial charge in [-0.2, -0.15) is 5.10 Å². The van der Waals surface area contributed by atoms with Crippen LogP contribution in [-0.2, 0) is 11.8 Å². The van der Waals surface area contributed by atoms with E-state index in [-0.39, 0.29) is 12.5 Å². The van der Waals surface area contributed by atoms with E-state index in [1.165, 1.54) is 0 Å². The predicted molar refractivity (Wildman–Crippen MR) is 60.6 cm³/mol. The van der Waals surface area contributed by atoms with Crippen molar-refractivity contribution in [1.82, 2.24) is 15.1 Å². The van der Waals surface area contributed by atoms with Gasteiger partial charge in [-0.15, -0.1) is 0 Å². The molecule has 1 unspecified atom stereocenters. The van der Waals surface area contributed by atoms with Gasteiger partial charge in [0.25, 0.3) is 0 Å². The molecular weight excluding hydrogens is 206 g/mol. The van der Waals surface area contributed by atoms with E-state index in [0.29, 0.717) is 5.56 Å². The maximum Gasteiger partial charge on any atom is 0.225 e. The fourth-order valence-corrected chi connectivity index (χ4v) is 1.18. The van der Waals surface area contributed by atoms with Crippen LogP contribution in [0.15, 0.2) is 12.4 Å². The van der Waals surface area contributed by atoms with Gasteiger partial charge in [0.1, 0.15) is 0 Å². The summed E-state index contributed by atoms with van der Waals surface area (Å²) in [5.41, 5.74) is 0.269. The third kappa shape index (κ3) is 3.34. The van der Waals surface area contributed by atoms with Gasteiger partial charge in [0, 0.05) is 30.8 Å². The smallest absolute Gasteiger partial charge is 0.225 e. The molecule has 2 N–H and O–H groups in total. The van der Waals surface area contributed by atoms with Crippen LogP contribution >= 0.6 is 0 Å². The highest BCUT2D eigenvalue weighted by Gasteiger charge is 2.21. The highest BCUT2D eigenvalue weighted by Crippen LogP contribution is 2.14. The van der Waals surface area contributed by atoms with Crippen LogP contribution in [-0.4, -0.2) is 27.3 Å². The average molecular weight is 225 g/mol. The quantitative estimate of drug-likeness (QED) is 0.792. The summed E-state index contributed by atoms with van der Waals surface area (Å²) in [5, 5.41) is 16.4. The largest absolute Gasteiger partial charge is 0.386 e. The number of hydrogen-bond acceptors (Lipinski definition) is 3. The Morgan fingerprint density at radius 3 is 2.69 bits per heavy atom. The summed E-state index contributed by atoms with van der Waals surface area (Å²) in [7, 11) is 1.78. The molecule has 1 atom stereocenters. The van der Waals surface area contributed by atoms with Crippen molar-refractivity contribution in [1.29, 1.82) is 0 Å². The second kappa shape index (κ2) is 4.65. The second-order valence-electron chi connectivity index (χ2n) is 4.92. The number of nitrogens with zero attached hydrogens (tertiary/aromatic N) is 2. The highest BCUT2D eigenvalue weighted by atomic mass is 16.3. The number of aromatic nitrogens is 2. The van der Waals surface area contributed by atoms with Crippen LogP contribution in [0, 0.1) is 5.41 Å². The van der Waals surface area contributed by atoms with Gasteiger partial charge < -0.3 is 10.4 Å². The van der Waals surface area contributed by atoms with Gasteiger partial charge in [0.15, 0.2) is 0 Å². The molecule has 1 rings (SSSR count). The number of amides is 1. The second-order valence-corrected chi connectivity index (χ2v) is 4.92. The lowest BCUT2D eigenvalue weighted by Crippen LogP contribution is -2.37. The predicted octanol–water partition coefficient (Wildman–Crippen LogP) is 0.616. The number of carbonyl (C=O) groups excluding carboxylic acids is 1. The summed E-state index contributed by atoms with van der Waals surface area (Å²) in [5.74, 6) is -0.0737. The SMILES string of the molecule is Cn1cc(C(O)CNC(=O)C(C)(C)C)cn1. The van der Waals surface area contributed by atoms with Crippen LogP contribution in [0.25, 0.3) is 0 Å². The van der Waals surface area contributed by atoms with E-state index in [2.05, 4.69) is 10.4 Å². The van der Waals surface area contributed by atoms with Gasteiger partial charge >= 0.3 is 0 Å². The molecule has 1 amide bonds. The number of carbonyl (C=O) groups is 1. The molecule has 0 aliphatic carbocycles. The minimum atomic E-state index is -0.708. The van der Waals surface area contributed by atoms with Crippen molar-refractivity contribution >= 4 is 5.91 Å². The first-order valence-electron chi connectivity index (χ1n) is 5.25. The molecule has 0 saturated carbocycles. The summed E-state index contributed by atoms with van der Waals surface area (Å²) >= 11 is 0. The van der Waals surface area contributed by atoms with Crippen molar-refractivity contribution in [3.8, 4) is 0 Å². The third-order valence-electron chi connectivity index (χ3n) is 2.25. The van der Waals surface area contributed by atoms with E-state index in [1.807, 2.05) is 20.8 Å². The van der Waals surface area contributed by atoms with Crippen LogP contribution in [0.1, 0.15) is 32.4 Å². The zero-order valence-electron chi connectivity index (χ0n) is 10.2. The minimum absolute atomic E-state index is 0.0737. The maximum atomic E-state index is 11.6. The number of aryl methyl sites for hydroxylation is 1. The molecule has 5 heteroatoms. The molecule has 1 heterocycles. The normalized spacial score (nSPS) is 13.6. The summed E-state index contributed by atoms with van der Waals surface area (Å²) in [4.78, 5) is 11.6. The lowest BCUT2D eigenvalue weighted by molar-refractivity contribution is -0.128. The molecule has 16 heavy (non-hydrogen) atoms. The average Bonchev–Trinajstić information content (AvgIpc) is 2.59. The molecule has 1 aromatic rings. The van der Waals surface area contributed by atoms with E-state index in [4.69, 9.17) is 0 Å². The fourth-order valence-electron chi connectivity index (χ4n) is 1.18. The van der Waals surface area contributed by atoms with Crippen molar-refractivity contribution in [2.24, 2.45) is 12.5 Å². The van der Waals surface area contributed by atoms with Gasteiger partial charge in [-0.1, -0.05) is 20.8 Å². The van der Waals surface area contributed by atoms with Crippen molar-refractivity contribution in [2.45, 2.75) is 26.9 Å². The molecular formula is C11H19N3O2. The lowest BCUT2D eigenvalue weighted by Gasteiger charge is -2.19. The van der Waals surface area contributed by atoms with E-state index in [0.717, 1.165) is 0 Å². The Morgan fingerprint density at radius 1 is 1.62 bits per heavy atom. The van der Waals surface area contributed by atoms with Gasteiger partial charge in [0.2, 0.25) is 5.91 Å². The Kier molecular flexibility index (Phi) is 3.70. The molecule has 0 aliphatic rings. The van der Waals surface area contributed by atoms with Crippen molar-refractivity contribution in [3.63, 3.8) is 0 Å². The summed E-state index contributed by atoms with van der Waals surface area (Å²) < 4.78 is 1.62. The van der Waals surface area contributed by atoms with Crippen LogP contribution in [0.5, 0.6) is 0 Å². The first-order valence-corrected chi connectivity index (χ1v) is 5.25. The van der Waals surface area contributed by atoms with E-state index in [1.54, 1.807) is 24.1 Å². The third-order valence-corrected chi connectivity index (χ3v) is 2.25. The number of aliphatic hydroxyl groups is 1. The van der Waals surface area contributed by atoms with Gasteiger partial charge in [-0.05, 0) is 0 Å². The molecule has 0 saturated heterocycles. The van der Waals surface area contributed by atoms with Crippen molar-refractivity contribution in [3.05, 3.63) is 18.0 Å². The lowest BCUT2D eigenvalue weighted by atomic mass is 9.95. The number of nitrogens with one attached hydrogen (secondary N) is 1. The highest BCUT2D eigenvalue weighted by molar-refractivity contribution is 5.81. The molecule has 90 valence electrons. The number of aliphatic hydroxyl groups excluding tert-OH is 1. The summed E-state index contributed by atoms with van der Waals surface area (Å²) in [6.45, 7) is 5.71. The van der Waals surface area contributed by atoms with E-state index >= 15 is 0 Å². The van der Waals surface area contributed by atoms with Crippen LogP contribution < -0.4 is 5.32 Å². The van der Waals surface area contributed by atoms with Crippen LogP contribution in [0.2, 0.25) is 0 Å².